The highest BCUT2D eigenvalue weighted by Crippen LogP contribution is 2.21. The normalized spacial score (nSPS) is 16.2. The summed E-state index contributed by atoms with van der Waals surface area (Å²) in [6.07, 6.45) is 1.37. The van der Waals surface area contributed by atoms with Gasteiger partial charge in [-0.3, -0.25) is 9.59 Å². The molecule has 1 fully saturated rings. The van der Waals surface area contributed by atoms with Gasteiger partial charge in [0.25, 0.3) is 5.91 Å². The molecule has 1 heterocycles. The number of benzene rings is 2. The number of piperidine rings is 1. The number of hydrogen-bond donors (Lipinski definition) is 1. The van der Waals surface area contributed by atoms with Gasteiger partial charge in [0, 0.05) is 29.6 Å². The molecule has 0 bridgehead atoms. The van der Waals surface area contributed by atoms with E-state index in [1.165, 1.54) is 0 Å². The second-order valence-corrected chi connectivity index (χ2v) is 7.15. The predicted molar refractivity (Wildman–Crippen MR) is 103 cm³/mol. The summed E-state index contributed by atoms with van der Waals surface area (Å²) >= 11 is 5.87. The van der Waals surface area contributed by atoms with E-state index in [1.54, 1.807) is 24.3 Å². The van der Waals surface area contributed by atoms with Crippen LogP contribution in [0.4, 0.5) is 0 Å². The first kappa shape index (κ1) is 18.5. The molecule has 26 heavy (non-hydrogen) atoms. The fourth-order valence-corrected chi connectivity index (χ4v) is 3.40. The van der Waals surface area contributed by atoms with E-state index in [9.17, 15) is 9.59 Å². The molecule has 1 aliphatic heterocycles. The smallest absolute Gasteiger partial charge is 0.253 e. The Bertz CT molecular complexity index is 753. The Kier molecular flexibility index (Phi) is 5.94. The van der Waals surface area contributed by atoms with Crippen molar-refractivity contribution in [3.8, 4) is 0 Å². The first-order valence-electron chi connectivity index (χ1n) is 8.95. The molecule has 0 radical (unpaired) electrons. The maximum Gasteiger partial charge on any atom is 0.253 e. The summed E-state index contributed by atoms with van der Waals surface area (Å²) in [7, 11) is 0. The van der Waals surface area contributed by atoms with Gasteiger partial charge in [-0.2, -0.15) is 0 Å². The molecule has 5 heteroatoms. The number of nitrogens with zero attached hydrogens (tertiary/aromatic N) is 1. The average Bonchev–Trinajstić information content (AvgIpc) is 2.69. The number of amides is 2. The largest absolute Gasteiger partial charge is 0.349 e. The molecular formula is C21H23ClN2O2. The molecule has 0 aromatic heterocycles. The predicted octanol–water partition coefficient (Wildman–Crippen LogP) is 4.07. The van der Waals surface area contributed by atoms with Crippen molar-refractivity contribution in [1.29, 1.82) is 0 Å². The summed E-state index contributed by atoms with van der Waals surface area (Å²) in [6, 6.07) is 16.8. The van der Waals surface area contributed by atoms with Crippen LogP contribution in [0.5, 0.6) is 0 Å². The van der Waals surface area contributed by atoms with E-state index in [0.717, 1.165) is 5.56 Å². The molecule has 0 saturated carbocycles. The monoisotopic (exact) mass is 370 g/mol. The number of hydrogen-bond acceptors (Lipinski definition) is 2. The van der Waals surface area contributed by atoms with E-state index in [1.807, 2.05) is 42.2 Å². The van der Waals surface area contributed by atoms with Crippen LogP contribution in [0.15, 0.2) is 54.6 Å². The van der Waals surface area contributed by atoms with Gasteiger partial charge in [-0.05, 0) is 49.6 Å². The topological polar surface area (TPSA) is 49.4 Å². The number of rotatable bonds is 4. The Labute approximate surface area is 159 Å². The SMILES string of the molecule is CC(NC(=O)C1CCN(C(=O)c2ccc(Cl)cc2)CC1)c1ccccc1. The van der Waals surface area contributed by atoms with Gasteiger partial charge in [0.15, 0.2) is 0 Å². The lowest BCUT2D eigenvalue weighted by atomic mass is 9.94. The second kappa shape index (κ2) is 8.37. The average molecular weight is 371 g/mol. The summed E-state index contributed by atoms with van der Waals surface area (Å²) in [4.78, 5) is 26.9. The summed E-state index contributed by atoms with van der Waals surface area (Å²) in [5.74, 6) is 0.0218. The fraction of sp³-hybridized carbons (Fsp3) is 0.333. The van der Waals surface area contributed by atoms with Crippen molar-refractivity contribution in [1.82, 2.24) is 10.2 Å². The molecule has 2 aromatic carbocycles. The molecule has 136 valence electrons. The minimum Gasteiger partial charge on any atom is -0.349 e. The van der Waals surface area contributed by atoms with Gasteiger partial charge in [0.2, 0.25) is 5.91 Å². The van der Waals surface area contributed by atoms with Gasteiger partial charge < -0.3 is 10.2 Å². The van der Waals surface area contributed by atoms with E-state index in [-0.39, 0.29) is 23.8 Å². The van der Waals surface area contributed by atoms with Crippen LogP contribution in [-0.2, 0) is 4.79 Å². The Hall–Kier alpha value is -2.33. The van der Waals surface area contributed by atoms with Crippen molar-refractivity contribution < 1.29 is 9.59 Å². The summed E-state index contributed by atoms with van der Waals surface area (Å²) in [5.41, 5.74) is 1.73. The van der Waals surface area contributed by atoms with E-state index in [2.05, 4.69) is 5.32 Å². The van der Waals surface area contributed by atoms with E-state index in [4.69, 9.17) is 11.6 Å². The maximum atomic E-state index is 12.5. The Morgan fingerprint density at radius 2 is 1.65 bits per heavy atom. The van der Waals surface area contributed by atoms with Gasteiger partial charge >= 0.3 is 0 Å². The minimum atomic E-state index is -0.0459. The van der Waals surface area contributed by atoms with Gasteiger partial charge in [-0.15, -0.1) is 0 Å². The summed E-state index contributed by atoms with van der Waals surface area (Å²) in [6.45, 7) is 3.19. The molecule has 3 rings (SSSR count). The number of nitrogens with one attached hydrogen (secondary N) is 1. The zero-order chi connectivity index (χ0) is 18.5. The molecule has 1 N–H and O–H groups in total. The van der Waals surface area contributed by atoms with Crippen LogP contribution < -0.4 is 5.32 Å². The molecular weight excluding hydrogens is 348 g/mol. The maximum absolute atomic E-state index is 12.5. The molecule has 4 nitrogen and oxygen atoms in total. The van der Waals surface area contributed by atoms with Crippen LogP contribution in [0, 0.1) is 5.92 Å². The lowest BCUT2D eigenvalue weighted by molar-refractivity contribution is -0.126. The second-order valence-electron chi connectivity index (χ2n) is 6.71. The first-order valence-corrected chi connectivity index (χ1v) is 9.32. The molecule has 1 aliphatic rings. The van der Waals surface area contributed by atoms with E-state index in [0.29, 0.717) is 36.5 Å². The molecule has 1 saturated heterocycles. The third kappa shape index (κ3) is 4.44. The van der Waals surface area contributed by atoms with Crippen molar-refractivity contribution >= 4 is 23.4 Å². The zero-order valence-electron chi connectivity index (χ0n) is 14.8. The highest BCUT2D eigenvalue weighted by atomic mass is 35.5. The van der Waals surface area contributed by atoms with Crippen molar-refractivity contribution in [3.05, 3.63) is 70.7 Å². The molecule has 0 spiro atoms. The lowest BCUT2D eigenvalue weighted by Crippen LogP contribution is -2.43. The van der Waals surface area contributed by atoms with Gasteiger partial charge in [-0.25, -0.2) is 0 Å². The van der Waals surface area contributed by atoms with Crippen LogP contribution >= 0.6 is 11.6 Å². The van der Waals surface area contributed by atoms with Crippen LogP contribution in [0.2, 0.25) is 5.02 Å². The zero-order valence-corrected chi connectivity index (χ0v) is 15.6. The third-order valence-corrected chi connectivity index (χ3v) is 5.15. The number of likely N-dealkylation sites (tertiary alicyclic amines) is 1. The van der Waals surface area contributed by atoms with Crippen LogP contribution in [0.1, 0.15) is 41.7 Å². The van der Waals surface area contributed by atoms with Crippen LogP contribution in [-0.4, -0.2) is 29.8 Å². The number of carbonyl (C=O) groups excluding carboxylic acids is 2. The van der Waals surface area contributed by atoms with Crippen molar-refractivity contribution in [2.75, 3.05) is 13.1 Å². The fourth-order valence-electron chi connectivity index (χ4n) is 3.28. The summed E-state index contributed by atoms with van der Waals surface area (Å²) in [5, 5.41) is 3.71. The van der Waals surface area contributed by atoms with Crippen LogP contribution in [0.3, 0.4) is 0 Å². The third-order valence-electron chi connectivity index (χ3n) is 4.90. The van der Waals surface area contributed by atoms with E-state index >= 15 is 0 Å². The highest BCUT2D eigenvalue weighted by molar-refractivity contribution is 6.30. The lowest BCUT2D eigenvalue weighted by Gasteiger charge is -2.32. The highest BCUT2D eigenvalue weighted by Gasteiger charge is 2.28. The van der Waals surface area contributed by atoms with E-state index < -0.39 is 0 Å². The molecule has 2 aromatic rings. The van der Waals surface area contributed by atoms with Gasteiger partial charge in [0.1, 0.15) is 0 Å². The van der Waals surface area contributed by atoms with Crippen molar-refractivity contribution in [3.63, 3.8) is 0 Å². The quantitative estimate of drug-likeness (QED) is 0.881. The van der Waals surface area contributed by atoms with Gasteiger partial charge in [0.05, 0.1) is 6.04 Å². The van der Waals surface area contributed by atoms with Gasteiger partial charge in [-0.1, -0.05) is 41.9 Å². The van der Waals surface area contributed by atoms with Crippen LogP contribution in [0.25, 0.3) is 0 Å². The Morgan fingerprint density at radius 1 is 1.04 bits per heavy atom. The summed E-state index contributed by atoms with van der Waals surface area (Å²) < 4.78 is 0. The molecule has 1 unspecified atom stereocenters. The Balaban J connectivity index is 1.52. The van der Waals surface area contributed by atoms with Crippen molar-refractivity contribution in [2.45, 2.75) is 25.8 Å². The number of carbonyl (C=O) groups is 2. The number of halogens is 1. The molecule has 0 aliphatic carbocycles. The Morgan fingerprint density at radius 3 is 2.27 bits per heavy atom. The molecule has 2 amide bonds. The van der Waals surface area contributed by atoms with Crippen molar-refractivity contribution in [2.24, 2.45) is 5.92 Å². The first-order chi connectivity index (χ1) is 12.5. The minimum absolute atomic E-state index is 0.00169. The standard InChI is InChI=1S/C21H23ClN2O2/c1-15(16-5-3-2-4-6-16)23-20(25)17-11-13-24(14-12-17)21(26)18-7-9-19(22)10-8-18/h2-10,15,17H,11-14H2,1H3,(H,23,25). The molecule has 1 atom stereocenters.